The Hall–Kier alpha value is 0.270. The number of nitrogens with zero attached hydrogens (tertiary/aromatic N) is 1. The van der Waals surface area contributed by atoms with Gasteiger partial charge in [0.05, 0.1) is 6.10 Å². The Morgan fingerprint density at radius 3 is 3.00 bits per heavy atom. The Bertz CT molecular complexity index is 97.6. The number of rotatable bonds is 2. The smallest absolute Gasteiger partial charge is 0.0849 e. The third-order valence-corrected chi connectivity index (χ3v) is 2.28. The van der Waals surface area contributed by atoms with E-state index >= 15 is 0 Å². The van der Waals surface area contributed by atoms with Gasteiger partial charge >= 0.3 is 0 Å². The topological polar surface area (TPSA) is 12.5 Å². The van der Waals surface area contributed by atoms with E-state index in [1.165, 1.54) is 31.4 Å². The van der Waals surface area contributed by atoms with Crippen LogP contribution in [0.15, 0.2) is 0 Å². The maximum Gasteiger partial charge on any atom is 0.0849 e. The minimum Gasteiger partial charge on any atom is -0.311 e. The van der Waals surface area contributed by atoms with E-state index in [0.29, 0.717) is 6.10 Å². The molecule has 0 aromatic rings. The average Bonchev–Trinajstić information content (AvgIpc) is 1.88. The van der Waals surface area contributed by atoms with Crippen molar-refractivity contribution in [3.8, 4) is 0 Å². The summed E-state index contributed by atoms with van der Waals surface area (Å²) in [7, 11) is 2.15. The highest BCUT2D eigenvalue weighted by Gasteiger charge is 2.16. The fraction of sp³-hybridized carbons (Fsp3) is 1.00. The lowest BCUT2D eigenvalue weighted by Gasteiger charge is -2.28. The summed E-state index contributed by atoms with van der Waals surface area (Å²) in [6.45, 7) is 2.33. The van der Waals surface area contributed by atoms with Crippen LogP contribution in [-0.2, 0) is 4.18 Å². The lowest BCUT2D eigenvalue weighted by atomic mass is 10.1. The van der Waals surface area contributed by atoms with E-state index in [9.17, 15) is 0 Å². The molecule has 0 radical (unpaired) electrons. The zero-order valence-electron chi connectivity index (χ0n) is 6.67. The summed E-state index contributed by atoms with van der Waals surface area (Å²) < 4.78 is 5.43. The molecule has 0 saturated carbocycles. The molecule has 0 amide bonds. The van der Waals surface area contributed by atoms with Gasteiger partial charge in [-0.1, -0.05) is 0 Å². The van der Waals surface area contributed by atoms with E-state index in [1.54, 1.807) is 0 Å². The van der Waals surface area contributed by atoms with Crippen molar-refractivity contribution in [3.05, 3.63) is 0 Å². The molecule has 10 heavy (non-hydrogen) atoms. The number of hydrogen-bond acceptors (Lipinski definition) is 3. The Morgan fingerprint density at radius 1 is 1.60 bits per heavy atom. The summed E-state index contributed by atoms with van der Waals surface area (Å²) in [5, 5.41) is 0. The number of hydrogen-bond donors (Lipinski definition) is 0. The monoisotopic (exact) mass is 161 g/mol. The highest BCUT2D eigenvalue weighted by atomic mass is 32.2. The first kappa shape index (κ1) is 8.37. The molecule has 1 fully saturated rings. The van der Waals surface area contributed by atoms with Crippen LogP contribution in [0.5, 0.6) is 0 Å². The Labute approximate surface area is 67.1 Å². The summed E-state index contributed by atoms with van der Waals surface area (Å²) in [6, 6.07) is 0. The molecule has 0 spiro atoms. The van der Waals surface area contributed by atoms with Gasteiger partial charge in [-0.3, -0.25) is 0 Å². The number of piperidine rings is 1. The van der Waals surface area contributed by atoms with Crippen LogP contribution in [0.3, 0.4) is 0 Å². The second-order valence-corrected chi connectivity index (χ2v) is 3.32. The van der Waals surface area contributed by atoms with Crippen LogP contribution in [-0.4, -0.2) is 37.4 Å². The molecule has 0 aromatic heterocycles. The third-order valence-electron chi connectivity index (χ3n) is 1.81. The Balaban J connectivity index is 2.18. The van der Waals surface area contributed by atoms with Gasteiger partial charge in [-0.05, 0) is 38.5 Å². The van der Waals surface area contributed by atoms with Crippen molar-refractivity contribution in [2.45, 2.75) is 18.9 Å². The highest BCUT2D eigenvalue weighted by Crippen LogP contribution is 2.14. The molecule has 60 valence electrons. The molecule has 3 heteroatoms. The van der Waals surface area contributed by atoms with Crippen molar-refractivity contribution in [2.75, 3.05) is 26.4 Å². The van der Waals surface area contributed by atoms with E-state index in [-0.39, 0.29) is 0 Å². The SMILES string of the molecule is CSOC1CCCN(C)C1. The molecular formula is C7H15NOS. The molecule has 1 saturated heterocycles. The second-order valence-electron chi connectivity index (χ2n) is 2.79. The van der Waals surface area contributed by atoms with Gasteiger partial charge in [0.2, 0.25) is 0 Å². The van der Waals surface area contributed by atoms with E-state index < -0.39 is 0 Å². The number of likely N-dealkylation sites (N-methyl/N-ethyl adjacent to an activating group) is 1. The normalized spacial score (nSPS) is 28.8. The van der Waals surface area contributed by atoms with Gasteiger partial charge in [-0.15, -0.1) is 0 Å². The molecule has 1 aliphatic heterocycles. The molecule has 0 aromatic carbocycles. The first-order valence-corrected chi connectivity index (χ1v) is 4.86. The quantitative estimate of drug-likeness (QED) is 0.568. The minimum absolute atomic E-state index is 0.466. The molecule has 1 heterocycles. The Kier molecular flexibility index (Phi) is 3.52. The van der Waals surface area contributed by atoms with Gasteiger partial charge in [-0.2, -0.15) is 0 Å². The van der Waals surface area contributed by atoms with Crippen molar-refractivity contribution >= 4 is 12.0 Å². The molecule has 1 rings (SSSR count). The lowest BCUT2D eigenvalue weighted by molar-refractivity contribution is 0.124. The second kappa shape index (κ2) is 4.21. The van der Waals surface area contributed by atoms with Gasteiger partial charge in [0.25, 0.3) is 0 Å². The minimum atomic E-state index is 0.466. The zero-order chi connectivity index (χ0) is 7.40. The molecule has 0 N–H and O–H groups in total. The van der Waals surface area contributed by atoms with Crippen LogP contribution < -0.4 is 0 Å². The van der Waals surface area contributed by atoms with Crippen LogP contribution in [0, 0.1) is 0 Å². The fourth-order valence-corrected chi connectivity index (χ4v) is 1.76. The van der Waals surface area contributed by atoms with Crippen LogP contribution in [0.2, 0.25) is 0 Å². The first-order valence-electron chi connectivity index (χ1n) is 3.71. The zero-order valence-corrected chi connectivity index (χ0v) is 7.49. The molecule has 0 bridgehead atoms. The van der Waals surface area contributed by atoms with Gasteiger partial charge in [0.15, 0.2) is 0 Å². The molecule has 1 unspecified atom stereocenters. The summed E-state index contributed by atoms with van der Waals surface area (Å²) in [5.41, 5.74) is 0. The predicted molar refractivity (Wildman–Crippen MR) is 45.1 cm³/mol. The average molecular weight is 161 g/mol. The number of likely N-dealkylation sites (tertiary alicyclic amines) is 1. The molecule has 2 nitrogen and oxygen atoms in total. The maximum atomic E-state index is 5.43. The van der Waals surface area contributed by atoms with E-state index in [0.717, 1.165) is 6.54 Å². The summed E-state index contributed by atoms with van der Waals surface area (Å²) >= 11 is 1.48. The third kappa shape index (κ3) is 2.48. The van der Waals surface area contributed by atoms with Gasteiger partial charge < -0.3 is 9.08 Å². The van der Waals surface area contributed by atoms with E-state index in [4.69, 9.17) is 4.18 Å². The van der Waals surface area contributed by atoms with Crippen molar-refractivity contribution < 1.29 is 4.18 Å². The lowest BCUT2D eigenvalue weighted by Crippen LogP contribution is -2.35. The van der Waals surface area contributed by atoms with Crippen molar-refractivity contribution in [1.82, 2.24) is 4.90 Å². The largest absolute Gasteiger partial charge is 0.311 e. The maximum absolute atomic E-state index is 5.43. The van der Waals surface area contributed by atoms with Crippen molar-refractivity contribution in [2.24, 2.45) is 0 Å². The summed E-state index contributed by atoms with van der Waals surface area (Å²) in [4.78, 5) is 2.32. The predicted octanol–water partition coefficient (Wildman–Crippen LogP) is 1.38. The highest BCUT2D eigenvalue weighted by molar-refractivity contribution is 7.93. The molecular weight excluding hydrogens is 146 g/mol. The fourth-order valence-electron chi connectivity index (χ4n) is 1.33. The van der Waals surface area contributed by atoms with Crippen molar-refractivity contribution in [3.63, 3.8) is 0 Å². The first-order chi connectivity index (χ1) is 4.83. The van der Waals surface area contributed by atoms with Crippen LogP contribution in [0.1, 0.15) is 12.8 Å². The van der Waals surface area contributed by atoms with Crippen molar-refractivity contribution in [1.29, 1.82) is 0 Å². The molecule has 0 aliphatic carbocycles. The van der Waals surface area contributed by atoms with Crippen LogP contribution >= 0.6 is 12.0 Å². The molecule has 1 aliphatic rings. The summed E-state index contributed by atoms with van der Waals surface area (Å²) in [6.07, 6.45) is 4.95. The van der Waals surface area contributed by atoms with Crippen LogP contribution in [0.25, 0.3) is 0 Å². The Morgan fingerprint density at radius 2 is 2.40 bits per heavy atom. The van der Waals surface area contributed by atoms with Gasteiger partial charge in [0, 0.05) is 12.8 Å². The van der Waals surface area contributed by atoms with Crippen LogP contribution in [0.4, 0.5) is 0 Å². The molecule has 1 atom stereocenters. The summed E-state index contributed by atoms with van der Waals surface area (Å²) in [5.74, 6) is 0. The van der Waals surface area contributed by atoms with Gasteiger partial charge in [0.1, 0.15) is 0 Å². The van der Waals surface area contributed by atoms with E-state index in [2.05, 4.69) is 11.9 Å². The standard InChI is InChI=1S/C7H15NOS/c1-8-5-3-4-7(6-8)9-10-2/h7H,3-6H2,1-2H3. The van der Waals surface area contributed by atoms with Gasteiger partial charge in [-0.25, -0.2) is 0 Å². The van der Waals surface area contributed by atoms with E-state index in [1.807, 2.05) is 6.26 Å².